The van der Waals surface area contributed by atoms with E-state index in [1.165, 1.54) is 38.5 Å². The van der Waals surface area contributed by atoms with Crippen molar-refractivity contribution in [3.8, 4) is 0 Å². The van der Waals surface area contributed by atoms with Crippen LogP contribution in [0.25, 0.3) is 0 Å². The second-order valence-electron chi connectivity index (χ2n) is 6.46. The van der Waals surface area contributed by atoms with Crippen LogP contribution in [0.2, 0.25) is 0 Å². The number of nitrogens with two attached hydrogens (primary N) is 1. The predicted octanol–water partition coefficient (Wildman–Crippen LogP) is 2.69. The fraction of sp³-hybridized carbons (Fsp3) is 0.933. The summed E-state index contributed by atoms with van der Waals surface area (Å²) in [5.41, 5.74) is 5.95. The number of hydrogen-bond donors (Lipinski definition) is 2. The standard InChI is InChI=1S/C15H28N2OS/c1-19-15(8-3-2-4-9-15)12-17-13(18)10-14(11-16)6-5-7-14/h2-12,16H2,1H3,(H,17,18). The molecular weight excluding hydrogens is 256 g/mol. The highest BCUT2D eigenvalue weighted by Crippen LogP contribution is 2.43. The van der Waals surface area contributed by atoms with Gasteiger partial charge in [0.15, 0.2) is 0 Å². The Morgan fingerprint density at radius 1 is 1.16 bits per heavy atom. The third kappa shape index (κ3) is 3.66. The minimum Gasteiger partial charge on any atom is -0.355 e. The molecule has 19 heavy (non-hydrogen) atoms. The quantitative estimate of drug-likeness (QED) is 0.788. The third-order valence-corrected chi connectivity index (χ3v) is 6.61. The van der Waals surface area contributed by atoms with Gasteiger partial charge in [0.05, 0.1) is 0 Å². The van der Waals surface area contributed by atoms with Crippen molar-refractivity contribution in [3.63, 3.8) is 0 Å². The summed E-state index contributed by atoms with van der Waals surface area (Å²) >= 11 is 1.94. The highest BCUT2D eigenvalue weighted by molar-refractivity contribution is 8.00. The van der Waals surface area contributed by atoms with Crippen molar-refractivity contribution >= 4 is 17.7 Å². The highest BCUT2D eigenvalue weighted by Gasteiger charge is 2.38. The third-order valence-electron chi connectivity index (χ3n) is 5.19. The Morgan fingerprint density at radius 2 is 1.84 bits per heavy atom. The van der Waals surface area contributed by atoms with Crippen LogP contribution in [-0.2, 0) is 4.79 Å². The van der Waals surface area contributed by atoms with Crippen LogP contribution in [0.5, 0.6) is 0 Å². The molecule has 2 fully saturated rings. The highest BCUT2D eigenvalue weighted by atomic mass is 32.2. The molecule has 2 rings (SSSR count). The Morgan fingerprint density at radius 3 is 2.32 bits per heavy atom. The molecule has 0 saturated heterocycles. The fourth-order valence-corrected chi connectivity index (χ4v) is 4.36. The van der Waals surface area contributed by atoms with Crippen LogP contribution in [-0.4, -0.2) is 30.0 Å². The van der Waals surface area contributed by atoms with Crippen molar-refractivity contribution < 1.29 is 4.79 Å². The van der Waals surface area contributed by atoms with E-state index in [1.54, 1.807) is 0 Å². The molecule has 2 saturated carbocycles. The molecule has 1 amide bonds. The van der Waals surface area contributed by atoms with Gasteiger partial charge in [0.1, 0.15) is 0 Å². The largest absolute Gasteiger partial charge is 0.355 e. The summed E-state index contributed by atoms with van der Waals surface area (Å²) in [5.74, 6) is 0.212. The number of amides is 1. The van der Waals surface area contributed by atoms with Crippen molar-refractivity contribution in [2.24, 2.45) is 11.1 Å². The average molecular weight is 284 g/mol. The van der Waals surface area contributed by atoms with Crippen molar-refractivity contribution in [3.05, 3.63) is 0 Å². The second kappa shape index (κ2) is 6.49. The number of hydrogen-bond acceptors (Lipinski definition) is 3. The molecule has 3 nitrogen and oxygen atoms in total. The Balaban J connectivity index is 1.78. The molecule has 0 spiro atoms. The molecule has 4 heteroatoms. The predicted molar refractivity (Wildman–Crippen MR) is 82.3 cm³/mol. The molecule has 2 aliphatic carbocycles. The van der Waals surface area contributed by atoms with Crippen LogP contribution in [0.3, 0.4) is 0 Å². The number of nitrogens with one attached hydrogen (secondary N) is 1. The van der Waals surface area contributed by atoms with Gasteiger partial charge in [-0.2, -0.15) is 11.8 Å². The molecule has 2 aliphatic rings. The first-order chi connectivity index (χ1) is 9.14. The van der Waals surface area contributed by atoms with Crippen molar-refractivity contribution in [1.82, 2.24) is 5.32 Å². The van der Waals surface area contributed by atoms with Crippen LogP contribution < -0.4 is 11.1 Å². The average Bonchev–Trinajstić information content (AvgIpc) is 2.42. The topological polar surface area (TPSA) is 55.1 Å². The van der Waals surface area contributed by atoms with E-state index >= 15 is 0 Å². The Labute approximate surface area is 121 Å². The molecule has 3 N–H and O–H groups in total. The molecule has 0 bridgehead atoms. The minimum atomic E-state index is 0.128. The zero-order valence-corrected chi connectivity index (χ0v) is 13.0. The zero-order valence-electron chi connectivity index (χ0n) is 12.2. The molecule has 0 heterocycles. The minimum absolute atomic E-state index is 0.128. The summed E-state index contributed by atoms with van der Waals surface area (Å²) in [4.78, 5) is 12.1. The van der Waals surface area contributed by atoms with E-state index in [1.807, 2.05) is 11.8 Å². The van der Waals surface area contributed by atoms with Gasteiger partial charge < -0.3 is 11.1 Å². The van der Waals surface area contributed by atoms with Gasteiger partial charge in [0.2, 0.25) is 5.91 Å². The van der Waals surface area contributed by atoms with Crippen LogP contribution in [0.4, 0.5) is 0 Å². The molecule has 0 atom stereocenters. The molecule has 0 aliphatic heterocycles. The molecule has 0 aromatic heterocycles. The van der Waals surface area contributed by atoms with Crippen LogP contribution >= 0.6 is 11.8 Å². The van der Waals surface area contributed by atoms with Gasteiger partial charge in [0.25, 0.3) is 0 Å². The van der Waals surface area contributed by atoms with Gasteiger partial charge in [-0.05, 0) is 43.9 Å². The first-order valence-corrected chi connectivity index (χ1v) is 8.88. The van der Waals surface area contributed by atoms with Gasteiger partial charge in [-0.25, -0.2) is 0 Å². The molecule has 0 unspecified atom stereocenters. The van der Waals surface area contributed by atoms with E-state index in [2.05, 4.69) is 11.6 Å². The lowest BCUT2D eigenvalue weighted by molar-refractivity contribution is -0.124. The maximum Gasteiger partial charge on any atom is 0.220 e. The maximum absolute atomic E-state index is 12.1. The lowest BCUT2D eigenvalue weighted by Gasteiger charge is -2.41. The van der Waals surface area contributed by atoms with Crippen LogP contribution in [0, 0.1) is 5.41 Å². The Kier molecular flexibility index (Phi) is 5.18. The van der Waals surface area contributed by atoms with Gasteiger partial charge in [0, 0.05) is 17.7 Å². The first kappa shape index (κ1) is 15.2. The summed E-state index contributed by atoms with van der Waals surface area (Å²) in [5, 5.41) is 3.19. The number of rotatable bonds is 6. The number of thioether (sulfide) groups is 1. The normalized spacial score (nSPS) is 24.5. The van der Waals surface area contributed by atoms with Crippen LogP contribution in [0.15, 0.2) is 0 Å². The summed E-state index contributed by atoms with van der Waals surface area (Å²) in [6, 6.07) is 0. The van der Waals surface area contributed by atoms with Gasteiger partial charge in [-0.15, -0.1) is 0 Å². The van der Waals surface area contributed by atoms with Crippen molar-refractivity contribution in [1.29, 1.82) is 0 Å². The molecule has 0 radical (unpaired) electrons. The Hall–Kier alpha value is -0.220. The second-order valence-corrected chi connectivity index (χ2v) is 7.73. The number of carbonyl (C=O) groups excluding carboxylic acids is 1. The lowest BCUT2D eigenvalue weighted by Crippen LogP contribution is -2.46. The van der Waals surface area contributed by atoms with Crippen LogP contribution in [0.1, 0.15) is 57.8 Å². The lowest BCUT2D eigenvalue weighted by atomic mass is 9.66. The molecule has 110 valence electrons. The van der Waals surface area contributed by atoms with Gasteiger partial charge in [-0.1, -0.05) is 25.7 Å². The van der Waals surface area contributed by atoms with E-state index in [4.69, 9.17) is 5.73 Å². The van der Waals surface area contributed by atoms with E-state index in [0.717, 1.165) is 19.4 Å². The zero-order chi connectivity index (χ0) is 13.8. The van der Waals surface area contributed by atoms with Gasteiger partial charge in [-0.3, -0.25) is 4.79 Å². The summed E-state index contributed by atoms with van der Waals surface area (Å²) in [6.07, 6.45) is 12.8. The van der Waals surface area contributed by atoms with E-state index in [-0.39, 0.29) is 11.3 Å². The van der Waals surface area contributed by atoms with Gasteiger partial charge >= 0.3 is 0 Å². The summed E-state index contributed by atoms with van der Waals surface area (Å²) in [7, 11) is 0. The van der Waals surface area contributed by atoms with Crippen molar-refractivity contribution in [2.75, 3.05) is 19.3 Å². The number of carbonyl (C=O) groups is 1. The SMILES string of the molecule is CSC1(CNC(=O)CC2(CN)CCC2)CCCCC1. The molecule has 0 aromatic rings. The van der Waals surface area contributed by atoms with E-state index < -0.39 is 0 Å². The smallest absolute Gasteiger partial charge is 0.220 e. The molecular formula is C15H28N2OS. The summed E-state index contributed by atoms with van der Waals surface area (Å²) < 4.78 is 0.295. The molecule has 0 aromatic carbocycles. The Bertz CT molecular complexity index is 304. The maximum atomic E-state index is 12.1. The van der Waals surface area contributed by atoms with E-state index in [9.17, 15) is 4.79 Å². The monoisotopic (exact) mass is 284 g/mol. The summed E-state index contributed by atoms with van der Waals surface area (Å²) in [6.45, 7) is 1.50. The fourth-order valence-electron chi connectivity index (χ4n) is 3.44. The first-order valence-electron chi connectivity index (χ1n) is 7.66. The van der Waals surface area contributed by atoms with E-state index in [0.29, 0.717) is 17.7 Å². The van der Waals surface area contributed by atoms with Crippen molar-refractivity contribution in [2.45, 2.75) is 62.5 Å².